The first-order valence-electron chi connectivity index (χ1n) is 12.4. The van der Waals surface area contributed by atoms with Gasteiger partial charge < -0.3 is 19.5 Å². The van der Waals surface area contributed by atoms with Crippen LogP contribution < -0.4 is 15.0 Å². The van der Waals surface area contributed by atoms with Crippen molar-refractivity contribution in [3.8, 4) is 17.2 Å². The normalized spacial score (nSPS) is 16.9. The molecule has 2 atom stereocenters. The van der Waals surface area contributed by atoms with Gasteiger partial charge in [0.2, 0.25) is 0 Å². The van der Waals surface area contributed by atoms with Crippen LogP contribution in [0.3, 0.4) is 0 Å². The molecule has 1 aliphatic heterocycles. The van der Waals surface area contributed by atoms with Crippen LogP contribution in [-0.4, -0.2) is 14.7 Å². The predicted octanol–water partition coefficient (Wildman–Crippen LogP) is 7.80. The molecule has 1 N–H and O–H groups in total. The number of pyridine rings is 1. The molecule has 188 valence electrons. The molecular weight excluding hydrogens is 512 g/mol. The van der Waals surface area contributed by atoms with Crippen molar-refractivity contribution in [3.63, 3.8) is 0 Å². The highest BCUT2D eigenvalue weighted by molar-refractivity contribution is 7.80. The van der Waals surface area contributed by atoms with Gasteiger partial charge in [-0.2, -0.15) is 0 Å². The molecule has 5 aromatic rings. The Morgan fingerprint density at radius 3 is 2.32 bits per heavy atom. The smallest absolute Gasteiger partial charge is 0.174 e. The lowest BCUT2D eigenvalue weighted by molar-refractivity contribution is 0.482. The fourth-order valence-corrected chi connectivity index (χ4v) is 5.38. The largest absolute Gasteiger partial charge is 0.457 e. The monoisotopic (exact) mass is 536 g/mol. The molecule has 1 saturated heterocycles. The number of thiocarbonyl (C=S) groups is 1. The zero-order valence-corrected chi connectivity index (χ0v) is 22.2. The van der Waals surface area contributed by atoms with Gasteiger partial charge in [-0.3, -0.25) is 4.98 Å². The number of hydrogen-bond acceptors (Lipinski definition) is 3. The fourth-order valence-electron chi connectivity index (χ4n) is 4.85. The van der Waals surface area contributed by atoms with Crippen molar-refractivity contribution >= 4 is 34.6 Å². The highest BCUT2D eigenvalue weighted by atomic mass is 35.5. The van der Waals surface area contributed by atoms with Crippen molar-refractivity contribution < 1.29 is 4.74 Å². The van der Waals surface area contributed by atoms with Crippen molar-refractivity contribution in [1.82, 2.24) is 14.9 Å². The predicted molar refractivity (Wildman–Crippen MR) is 156 cm³/mol. The molecule has 2 aromatic heterocycles. The summed E-state index contributed by atoms with van der Waals surface area (Å²) in [5, 5.41) is 4.85. The Bertz CT molecular complexity index is 1570. The van der Waals surface area contributed by atoms with Crippen molar-refractivity contribution in [2.75, 3.05) is 4.90 Å². The summed E-state index contributed by atoms with van der Waals surface area (Å²) in [7, 11) is 0. The molecule has 0 radical (unpaired) electrons. The first-order valence-corrected chi connectivity index (χ1v) is 13.1. The fraction of sp³-hybridized carbons (Fsp3) is 0.0968. The van der Waals surface area contributed by atoms with Crippen molar-refractivity contribution in [1.29, 1.82) is 0 Å². The summed E-state index contributed by atoms with van der Waals surface area (Å²) in [6, 6.07) is 33.7. The summed E-state index contributed by atoms with van der Waals surface area (Å²) in [5.74, 6) is 1.56. The summed E-state index contributed by atoms with van der Waals surface area (Å²) in [5.41, 5.74) is 5.12. The highest BCUT2D eigenvalue weighted by Gasteiger charge is 2.42. The van der Waals surface area contributed by atoms with E-state index in [1.807, 2.05) is 103 Å². The van der Waals surface area contributed by atoms with Gasteiger partial charge in [-0.1, -0.05) is 41.4 Å². The average Bonchev–Trinajstić information content (AvgIpc) is 3.55. The van der Waals surface area contributed by atoms with Crippen molar-refractivity contribution in [2.45, 2.75) is 19.0 Å². The van der Waals surface area contributed by atoms with Gasteiger partial charge in [0.1, 0.15) is 17.5 Å². The van der Waals surface area contributed by atoms with E-state index in [1.165, 1.54) is 5.56 Å². The number of nitrogens with zero attached hydrogens (tertiary/aromatic N) is 3. The molecule has 0 saturated carbocycles. The Morgan fingerprint density at radius 2 is 1.61 bits per heavy atom. The molecule has 0 spiro atoms. The molecule has 6 rings (SSSR count). The Labute approximate surface area is 232 Å². The van der Waals surface area contributed by atoms with E-state index >= 15 is 0 Å². The van der Waals surface area contributed by atoms with E-state index in [1.54, 1.807) is 0 Å². The van der Waals surface area contributed by atoms with Crippen LogP contribution in [0.15, 0.2) is 116 Å². The zero-order chi connectivity index (χ0) is 26.1. The molecule has 0 unspecified atom stereocenters. The number of nitrogens with one attached hydrogen (secondary N) is 1. The molecule has 0 bridgehead atoms. The second-order valence-corrected chi connectivity index (χ2v) is 10.0. The molecule has 5 nitrogen and oxygen atoms in total. The molecule has 7 heteroatoms. The number of rotatable bonds is 6. The highest BCUT2D eigenvalue weighted by Crippen LogP contribution is 2.42. The first-order chi connectivity index (χ1) is 18.6. The maximum absolute atomic E-state index is 6.35. The van der Waals surface area contributed by atoms with Gasteiger partial charge in [0.25, 0.3) is 0 Å². The lowest BCUT2D eigenvalue weighted by atomic mass is 10.0. The van der Waals surface area contributed by atoms with Crippen LogP contribution in [-0.2, 0) is 0 Å². The molecular formula is C31H25ClN4OS. The maximum atomic E-state index is 6.35. The van der Waals surface area contributed by atoms with Crippen molar-refractivity contribution in [3.05, 3.63) is 137 Å². The molecule has 1 fully saturated rings. The second kappa shape index (κ2) is 10.3. The van der Waals surface area contributed by atoms with Gasteiger partial charge in [0.05, 0.1) is 11.7 Å². The van der Waals surface area contributed by atoms with Crippen LogP contribution in [0.2, 0.25) is 5.02 Å². The Morgan fingerprint density at radius 1 is 0.842 bits per heavy atom. The Hall–Kier alpha value is -4.13. The van der Waals surface area contributed by atoms with Crippen molar-refractivity contribution in [2.24, 2.45) is 0 Å². The number of anilines is 1. The summed E-state index contributed by atoms with van der Waals surface area (Å²) < 4.78 is 8.22. The van der Waals surface area contributed by atoms with Crippen LogP contribution >= 0.6 is 23.8 Å². The molecule has 38 heavy (non-hydrogen) atoms. The van der Waals surface area contributed by atoms with E-state index in [-0.39, 0.29) is 12.1 Å². The van der Waals surface area contributed by atoms with E-state index in [9.17, 15) is 0 Å². The van der Waals surface area contributed by atoms with E-state index in [4.69, 9.17) is 28.6 Å². The van der Waals surface area contributed by atoms with Crippen LogP contribution in [0.1, 0.15) is 29.0 Å². The molecule has 3 heterocycles. The SMILES string of the molecule is Cc1ccc(Oc2ccc(N3C(=S)N[C@@H](c4ccccn4)[C@@H]3c3cccn3-c3cccc(Cl)c3)cc2)cc1. The summed E-state index contributed by atoms with van der Waals surface area (Å²) in [6.07, 6.45) is 3.86. The zero-order valence-electron chi connectivity index (χ0n) is 20.7. The van der Waals surface area contributed by atoms with E-state index < -0.39 is 0 Å². The number of benzene rings is 3. The van der Waals surface area contributed by atoms with Crippen LogP contribution in [0, 0.1) is 6.92 Å². The summed E-state index contributed by atoms with van der Waals surface area (Å²) >= 11 is 12.3. The van der Waals surface area contributed by atoms with E-state index in [0.29, 0.717) is 10.1 Å². The maximum Gasteiger partial charge on any atom is 0.174 e. The van der Waals surface area contributed by atoms with Gasteiger partial charge in [0, 0.05) is 34.5 Å². The van der Waals surface area contributed by atoms with Crippen LogP contribution in [0.4, 0.5) is 5.69 Å². The number of aryl methyl sites for hydroxylation is 1. The number of ether oxygens (including phenoxy) is 1. The lowest BCUT2D eigenvalue weighted by Gasteiger charge is -2.29. The summed E-state index contributed by atoms with van der Waals surface area (Å²) in [4.78, 5) is 6.82. The first kappa shape index (κ1) is 24.2. The van der Waals surface area contributed by atoms with Gasteiger partial charge in [-0.25, -0.2) is 0 Å². The lowest BCUT2D eigenvalue weighted by Crippen LogP contribution is -2.30. The van der Waals surface area contributed by atoms with Gasteiger partial charge in [0.15, 0.2) is 5.11 Å². The quantitative estimate of drug-likeness (QED) is 0.224. The van der Waals surface area contributed by atoms with Crippen LogP contribution in [0.5, 0.6) is 11.5 Å². The number of halogens is 1. The average molecular weight is 537 g/mol. The van der Waals surface area contributed by atoms with E-state index in [2.05, 4.69) is 39.0 Å². The second-order valence-electron chi connectivity index (χ2n) is 9.19. The van der Waals surface area contributed by atoms with E-state index in [0.717, 1.165) is 34.3 Å². The molecule has 3 aromatic carbocycles. The van der Waals surface area contributed by atoms with Crippen LogP contribution in [0.25, 0.3) is 5.69 Å². The minimum atomic E-state index is -0.157. The van der Waals surface area contributed by atoms with Gasteiger partial charge in [-0.05, 0) is 98.0 Å². The third-order valence-corrected chi connectivity index (χ3v) is 7.19. The number of hydrogen-bond donors (Lipinski definition) is 1. The minimum Gasteiger partial charge on any atom is -0.457 e. The molecule has 0 aliphatic carbocycles. The topological polar surface area (TPSA) is 42.3 Å². The van der Waals surface area contributed by atoms with Gasteiger partial charge >= 0.3 is 0 Å². The Balaban J connectivity index is 1.39. The van der Waals surface area contributed by atoms with Gasteiger partial charge in [-0.15, -0.1) is 0 Å². The third kappa shape index (κ3) is 4.76. The summed E-state index contributed by atoms with van der Waals surface area (Å²) in [6.45, 7) is 2.06. The number of aromatic nitrogens is 2. The standard InChI is InChI=1S/C31H25ClN4OS/c1-21-10-14-25(15-11-21)37-26-16-12-23(13-17-26)36-30(29(34-31(36)38)27-8-2-3-18-33-27)28-9-5-19-35(28)24-7-4-6-22(32)20-24/h2-20,29-30H,1H3,(H,34,38)/t29-,30-/m0/s1. The minimum absolute atomic E-state index is 0.153. The third-order valence-electron chi connectivity index (χ3n) is 6.64. The Kier molecular flexibility index (Phi) is 6.58. The molecule has 0 amide bonds. The molecule has 1 aliphatic rings.